The number of hydrogen-bond acceptors (Lipinski definition) is 3. The fourth-order valence-corrected chi connectivity index (χ4v) is 3.62. The van der Waals surface area contributed by atoms with Crippen LogP contribution in [0.3, 0.4) is 0 Å². The van der Waals surface area contributed by atoms with E-state index < -0.39 is 0 Å². The van der Waals surface area contributed by atoms with Gasteiger partial charge in [0.15, 0.2) is 0 Å². The summed E-state index contributed by atoms with van der Waals surface area (Å²) in [4.78, 5) is 2.32. The molecule has 2 aliphatic rings. The monoisotopic (exact) mass is 342 g/mol. The van der Waals surface area contributed by atoms with Crippen LogP contribution in [0.4, 0.5) is 4.39 Å². The summed E-state index contributed by atoms with van der Waals surface area (Å²) in [6, 6.07) is 3.03. The van der Waals surface area contributed by atoms with Crippen LogP contribution in [-0.2, 0) is 0 Å². The maximum absolute atomic E-state index is 14.3. The molecular formula is C15H20BrFN2O. The van der Waals surface area contributed by atoms with Crippen LogP contribution in [0.15, 0.2) is 16.6 Å². The highest BCUT2D eigenvalue weighted by Gasteiger charge is 2.37. The van der Waals surface area contributed by atoms with E-state index in [1.807, 2.05) is 0 Å². The lowest BCUT2D eigenvalue weighted by Crippen LogP contribution is -2.48. The maximum atomic E-state index is 14.3. The second kappa shape index (κ2) is 6.00. The largest absolute Gasteiger partial charge is 0.506 e. The lowest BCUT2D eigenvalue weighted by Gasteiger charge is -2.43. The molecule has 1 heterocycles. The molecular weight excluding hydrogens is 323 g/mol. The molecule has 3 rings (SSSR count). The molecule has 1 aromatic carbocycles. The molecule has 0 spiro atoms. The zero-order valence-electron chi connectivity index (χ0n) is 11.4. The molecule has 0 aromatic heterocycles. The van der Waals surface area contributed by atoms with Gasteiger partial charge in [-0.25, -0.2) is 4.39 Å². The van der Waals surface area contributed by atoms with Crippen molar-refractivity contribution in [2.45, 2.75) is 25.3 Å². The lowest BCUT2D eigenvalue weighted by molar-refractivity contribution is 0.0792. The first-order chi connectivity index (χ1) is 9.68. The van der Waals surface area contributed by atoms with E-state index in [9.17, 15) is 9.50 Å². The number of piperazine rings is 1. The van der Waals surface area contributed by atoms with E-state index in [0.717, 1.165) is 39.0 Å². The van der Waals surface area contributed by atoms with Crippen molar-refractivity contribution in [3.8, 4) is 5.75 Å². The lowest BCUT2D eigenvalue weighted by atomic mass is 9.76. The minimum atomic E-state index is -0.291. The average Bonchev–Trinajstić information content (AvgIpc) is 2.41. The van der Waals surface area contributed by atoms with Crippen LogP contribution >= 0.6 is 15.9 Å². The molecule has 2 N–H and O–H groups in total. The molecule has 0 amide bonds. The van der Waals surface area contributed by atoms with E-state index in [2.05, 4.69) is 26.1 Å². The maximum Gasteiger partial charge on any atom is 0.137 e. The number of phenols is 1. The molecule has 1 aliphatic heterocycles. The number of rotatable bonds is 3. The second-order valence-electron chi connectivity index (χ2n) is 5.71. The Bertz CT molecular complexity index is 487. The van der Waals surface area contributed by atoms with Crippen LogP contribution in [0.2, 0.25) is 0 Å². The number of nitrogens with zero attached hydrogens (tertiary/aromatic N) is 1. The van der Waals surface area contributed by atoms with Gasteiger partial charge in [-0.3, -0.25) is 4.90 Å². The van der Waals surface area contributed by atoms with Crippen molar-refractivity contribution in [2.24, 2.45) is 5.92 Å². The molecule has 110 valence electrons. The third-order valence-electron chi connectivity index (χ3n) is 4.55. The van der Waals surface area contributed by atoms with Crippen LogP contribution in [0.5, 0.6) is 5.75 Å². The zero-order valence-corrected chi connectivity index (χ0v) is 13.0. The minimum absolute atomic E-state index is 0.00310. The molecule has 1 aromatic rings. The summed E-state index contributed by atoms with van der Waals surface area (Å²) in [5.41, 5.74) is 0.478. The van der Waals surface area contributed by atoms with Gasteiger partial charge in [0.25, 0.3) is 0 Å². The molecule has 2 fully saturated rings. The highest BCUT2D eigenvalue weighted by Crippen LogP contribution is 2.46. The van der Waals surface area contributed by atoms with Crippen molar-refractivity contribution in [2.75, 3.05) is 26.2 Å². The summed E-state index contributed by atoms with van der Waals surface area (Å²) in [7, 11) is 0. The average molecular weight is 343 g/mol. The van der Waals surface area contributed by atoms with E-state index in [1.54, 1.807) is 6.07 Å². The Morgan fingerprint density at radius 1 is 1.30 bits per heavy atom. The Morgan fingerprint density at radius 2 is 2.00 bits per heavy atom. The normalized spacial score (nSPS) is 22.5. The molecule has 20 heavy (non-hydrogen) atoms. The predicted octanol–water partition coefficient (Wildman–Crippen LogP) is 3.04. The standard InChI is InChI=1S/C15H20BrFN2O/c16-11-4-5-12(17)13(15(11)20)14(10-2-1-3-10)19-8-6-18-7-9-19/h4-5,10,14,18,20H,1-3,6-9H2/t14-/m1/s1. The van der Waals surface area contributed by atoms with Crippen LogP contribution < -0.4 is 5.32 Å². The smallest absolute Gasteiger partial charge is 0.137 e. The van der Waals surface area contributed by atoms with Gasteiger partial charge in [0, 0.05) is 37.8 Å². The van der Waals surface area contributed by atoms with Crippen molar-refractivity contribution in [1.29, 1.82) is 0 Å². The van der Waals surface area contributed by atoms with Gasteiger partial charge in [-0.05, 0) is 46.8 Å². The molecule has 0 bridgehead atoms. The molecule has 1 saturated carbocycles. The van der Waals surface area contributed by atoms with E-state index in [-0.39, 0.29) is 17.6 Å². The van der Waals surface area contributed by atoms with Gasteiger partial charge in [0.05, 0.1) is 4.47 Å². The first-order valence-corrected chi connectivity index (χ1v) is 8.09. The van der Waals surface area contributed by atoms with Crippen molar-refractivity contribution >= 4 is 15.9 Å². The van der Waals surface area contributed by atoms with E-state index in [0.29, 0.717) is 16.0 Å². The van der Waals surface area contributed by atoms with Crippen LogP contribution in [0.1, 0.15) is 30.9 Å². The van der Waals surface area contributed by atoms with Gasteiger partial charge in [-0.1, -0.05) is 6.42 Å². The van der Waals surface area contributed by atoms with E-state index in [1.165, 1.54) is 12.5 Å². The van der Waals surface area contributed by atoms with Gasteiger partial charge >= 0.3 is 0 Å². The molecule has 1 aliphatic carbocycles. The molecule has 0 radical (unpaired) electrons. The fraction of sp³-hybridized carbons (Fsp3) is 0.600. The van der Waals surface area contributed by atoms with Crippen molar-refractivity contribution in [3.05, 3.63) is 28.0 Å². The van der Waals surface area contributed by atoms with Crippen LogP contribution in [0.25, 0.3) is 0 Å². The van der Waals surface area contributed by atoms with Crippen molar-refractivity contribution in [3.63, 3.8) is 0 Å². The van der Waals surface area contributed by atoms with Gasteiger partial charge < -0.3 is 10.4 Å². The Labute approximate surface area is 127 Å². The SMILES string of the molecule is Oc1c(Br)ccc(F)c1[C@@H](C1CCC1)N1CCNCC1. The Morgan fingerprint density at radius 3 is 2.60 bits per heavy atom. The Balaban J connectivity index is 1.98. The molecule has 5 heteroatoms. The Kier molecular flexibility index (Phi) is 4.29. The third-order valence-corrected chi connectivity index (χ3v) is 5.19. The van der Waals surface area contributed by atoms with E-state index in [4.69, 9.17) is 0 Å². The Hall–Kier alpha value is -0.650. The molecule has 1 saturated heterocycles. The highest BCUT2D eigenvalue weighted by molar-refractivity contribution is 9.10. The van der Waals surface area contributed by atoms with Gasteiger partial charge in [0.2, 0.25) is 0 Å². The summed E-state index contributed by atoms with van der Waals surface area (Å²) in [6.45, 7) is 3.68. The number of halogens is 2. The van der Waals surface area contributed by atoms with Crippen LogP contribution in [-0.4, -0.2) is 36.2 Å². The number of phenolic OH excluding ortho intramolecular Hbond substituents is 1. The summed E-state index contributed by atoms with van der Waals surface area (Å²) in [5, 5.41) is 13.6. The number of nitrogens with one attached hydrogen (secondary N) is 1. The van der Waals surface area contributed by atoms with Crippen LogP contribution in [0, 0.1) is 11.7 Å². The fourth-order valence-electron chi connectivity index (χ4n) is 3.27. The zero-order chi connectivity index (χ0) is 14.1. The second-order valence-corrected chi connectivity index (χ2v) is 6.57. The van der Waals surface area contributed by atoms with Crippen molar-refractivity contribution in [1.82, 2.24) is 10.2 Å². The first kappa shape index (κ1) is 14.3. The number of aromatic hydroxyl groups is 1. The van der Waals surface area contributed by atoms with E-state index >= 15 is 0 Å². The summed E-state index contributed by atoms with van der Waals surface area (Å²) in [5.74, 6) is 0.240. The molecule has 3 nitrogen and oxygen atoms in total. The molecule has 1 atom stereocenters. The number of benzene rings is 1. The summed E-state index contributed by atoms with van der Waals surface area (Å²) >= 11 is 3.31. The first-order valence-electron chi connectivity index (χ1n) is 7.30. The van der Waals surface area contributed by atoms with Gasteiger partial charge in [0.1, 0.15) is 11.6 Å². The van der Waals surface area contributed by atoms with Gasteiger partial charge in [-0.15, -0.1) is 0 Å². The molecule has 0 unspecified atom stereocenters. The summed E-state index contributed by atoms with van der Waals surface area (Å²) < 4.78 is 14.9. The minimum Gasteiger partial charge on any atom is -0.506 e. The quantitative estimate of drug-likeness (QED) is 0.886. The van der Waals surface area contributed by atoms with Gasteiger partial charge in [-0.2, -0.15) is 0 Å². The summed E-state index contributed by atoms with van der Waals surface area (Å²) in [6.07, 6.45) is 3.46. The topological polar surface area (TPSA) is 35.5 Å². The number of hydrogen-bond donors (Lipinski definition) is 2. The third kappa shape index (κ3) is 2.59. The highest BCUT2D eigenvalue weighted by atomic mass is 79.9. The van der Waals surface area contributed by atoms with Crippen molar-refractivity contribution < 1.29 is 9.50 Å². The predicted molar refractivity (Wildman–Crippen MR) is 80.3 cm³/mol.